The summed E-state index contributed by atoms with van der Waals surface area (Å²) in [5.41, 5.74) is 2.97. The van der Waals surface area contributed by atoms with Crippen molar-refractivity contribution in [3.63, 3.8) is 0 Å². The molecule has 0 bridgehead atoms. The molecule has 0 aliphatic rings. The molecule has 0 fully saturated rings. The summed E-state index contributed by atoms with van der Waals surface area (Å²) in [6, 6.07) is 1.68. The molecule has 0 aliphatic carbocycles. The van der Waals surface area contributed by atoms with Gasteiger partial charge in [-0.1, -0.05) is 23.2 Å². The Labute approximate surface area is 180 Å². The van der Waals surface area contributed by atoms with Crippen molar-refractivity contribution < 1.29 is 4.79 Å². The molecule has 0 spiro atoms. The van der Waals surface area contributed by atoms with E-state index in [1.807, 2.05) is 18.5 Å². The fourth-order valence-electron chi connectivity index (χ4n) is 2.71. The number of hydrogen-bond donors (Lipinski definition) is 1. The maximum atomic E-state index is 12.3. The van der Waals surface area contributed by atoms with Crippen LogP contribution in [0.15, 0.2) is 16.7 Å². The lowest BCUT2D eigenvalue weighted by atomic mass is 10.3. The second-order valence-electron chi connectivity index (χ2n) is 6.39. The molecule has 0 atom stereocenters. The van der Waals surface area contributed by atoms with Crippen LogP contribution >= 0.6 is 39.1 Å². The van der Waals surface area contributed by atoms with E-state index in [0.717, 1.165) is 15.9 Å². The zero-order chi connectivity index (χ0) is 20.4. The van der Waals surface area contributed by atoms with Gasteiger partial charge in [-0.05, 0) is 49.2 Å². The molecule has 0 radical (unpaired) electrons. The van der Waals surface area contributed by atoms with Gasteiger partial charge < -0.3 is 5.32 Å². The Morgan fingerprint density at radius 2 is 1.86 bits per heavy atom. The summed E-state index contributed by atoms with van der Waals surface area (Å²) in [4.78, 5) is 12.3. The molecular formula is C17H20BrCl2N7O. The molecule has 0 aromatic carbocycles. The molecule has 11 heteroatoms. The van der Waals surface area contributed by atoms with Crippen LogP contribution in [0.25, 0.3) is 0 Å². The fraction of sp³-hybridized carbons (Fsp3) is 0.412. The van der Waals surface area contributed by atoms with Crippen molar-refractivity contribution in [1.29, 1.82) is 0 Å². The smallest absolute Gasteiger partial charge is 0.271 e. The fourth-order valence-corrected chi connectivity index (χ4v) is 3.39. The molecule has 0 aliphatic heterocycles. The number of carbonyl (C=O) groups is 1. The van der Waals surface area contributed by atoms with E-state index in [-0.39, 0.29) is 5.91 Å². The SMILES string of the molecule is Cc1nn(CCCNC(=O)c2ccn(Cn3nc(C)c(Br)c3C)n2)c(Cl)c1Cl. The lowest BCUT2D eigenvalue weighted by molar-refractivity contribution is 0.0946. The summed E-state index contributed by atoms with van der Waals surface area (Å²) in [5, 5.41) is 16.8. The van der Waals surface area contributed by atoms with Gasteiger partial charge in [-0.15, -0.1) is 0 Å². The molecule has 1 amide bonds. The number of hydrogen-bond acceptors (Lipinski definition) is 4. The number of aryl methyl sites for hydroxylation is 3. The lowest BCUT2D eigenvalue weighted by Gasteiger charge is -2.06. The van der Waals surface area contributed by atoms with E-state index < -0.39 is 0 Å². The standard InChI is InChI=1S/C17H20BrCl2N7O/c1-10-14(18)12(3)27(22-10)9-25-8-5-13(24-25)17(28)21-6-4-7-26-16(20)15(19)11(2)23-26/h5,8H,4,6-7,9H2,1-3H3,(H,21,28). The molecule has 28 heavy (non-hydrogen) atoms. The predicted octanol–water partition coefficient (Wildman–Crippen LogP) is 3.60. The number of aromatic nitrogens is 6. The quantitative estimate of drug-likeness (QED) is 0.515. The zero-order valence-corrected chi connectivity index (χ0v) is 18.8. The van der Waals surface area contributed by atoms with Crippen LogP contribution in [0.4, 0.5) is 0 Å². The number of carbonyl (C=O) groups excluding carboxylic acids is 1. The van der Waals surface area contributed by atoms with E-state index >= 15 is 0 Å². The summed E-state index contributed by atoms with van der Waals surface area (Å²) in [6.45, 7) is 7.18. The van der Waals surface area contributed by atoms with Crippen molar-refractivity contribution in [1.82, 2.24) is 34.7 Å². The van der Waals surface area contributed by atoms with E-state index in [1.165, 1.54) is 0 Å². The van der Waals surface area contributed by atoms with Crippen LogP contribution in [0, 0.1) is 20.8 Å². The Kier molecular flexibility index (Phi) is 6.47. The number of halogens is 3. The van der Waals surface area contributed by atoms with Gasteiger partial charge in [0.2, 0.25) is 0 Å². The molecule has 0 saturated carbocycles. The number of amides is 1. The van der Waals surface area contributed by atoms with Gasteiger partial charge in [-0.2, -0.15) is 15.3 Å². The van der Waals surface area contributed by atoms with E-state index in [2.05, 4.69) is 36.5 Å². The van der Waals surface area contributed by atoms with Crippen LogP contribution in [-0.2, 0) is 13.2 Å². The highest BCUT2D eigenvalue weighted by atomic mass is 79.9. The van der Waals surface area contributed by atoms with Gasteiger partial charge in [0.05, 0.1) is 21.6 Å². The molecule has 3 heterocycles. The molecule has 0 saturated heterocycles. The average Bonchev–Trinajstić information content (AvgIpc) is 3.30. The Morgan fingerprint density at radius 3 is 2.46 bits per heavy atom. The van der Waals surface area contributed by atoms with E-state index in [0.29, 0.717) is 47.7 Å². The minimum atomic E-state index is -0.228. The van der Waals surface area contributed by atoms with Gasteiger partial charge >= 0.3 is 0 Å². The molecular weight excluding hydrogens is 469 g/mol. The van der Waals surface area contributed by atoms with Gasteiger partial charge in [0.25, 0.3) is 5.91 Å². The van der Waals surface area contributed by atoms with Crippen LogP contribution in [0.3, 0.4) is 0 Å². The molecule has 8 nitrogen and oxygen atoms in total. The monoisotopic (exact) mass is 487 g/mol. The highest BCUT2D eigenvalue weighted by molar-refractivity contribution is 9.10. The first-order valence-electron chi connectivity index (χ1n) is 8.67. The van der Waals surface area contributed by atoms with Crippen LogP contribution < -0.4 is 5.32 Å². The third kappa shape index (κ3) is 4.42. The molecule has 3 aromatic heterocycles. The highest BCUT2D eigenvalue weighted by Gasteiger charge is 2.13. The third-order valence-electron chi connectivity index (χ3n) is 4.27. The van der Waals surface area contributed by atoms with E-state index in [1.54, 1.807) is 28.6 Å². The Hall–Kier alpha value is -1.84. The number of rotatable bonds is 7. The summed E-state index contributed by atoms with van der Waals surface area (Å²) < 4.78 is 6.11. The summed E-state index contributed by atoms with van der Waals surface area (Å²) in [5.74, 6) is -0.228. The summed E-state index contributed by atoms with van der Waals surface area (Å²) >= 11 is 15.6. The van der Waals surface area contributed by atoms with Crippen LogP contribution in [0.5, 0.6) is 0 Å². The Morgan fingerprint density at radius 1 is 1.14 bits per heavy atom. The van der Waals surface area contributed by atoms with Gasteiger partial charge in [-0.3, -0.25) is 14.2 Å². The van der Waals surface area contributed by atoms with Crippen molar-refractivity contribution in [3.8, 4) is 0 Å². The first-order valence-corrected chi connectivity index (χ1v) is 10.2. The average molecular weight is 489 g/mol. The van der Waals surface area contributed by atoms with Crippen molar-refractivity contribution >= 4 is 45.0 Å². The predicted molar refractivity (Wildman–Crippen MR) is 111 cm³/mol. The first kappa shape index (κ1) is 20.9. The van der Waals surface area contributed by atoms with Gasteiger partial charge in [0, 0.05) is 19.3 Å². The summed E-state index contributed by atoms with van der Waals surface area (Å²) in [7, 11) is 0. The molecule has 150 valence electrons. The molecule has 3 aromatic rings. The van der Waals surface area contributed by atoms with Crippen LogP contribution in [0.2, 0.25) is 10.2 Å². The number of nitrogens with zero attached hydrogens (tertiary/aromatic N) is 6. The minimum Gasteiger partial charge on any atom is -0.351 e. The molecule has 0 unspecified atom stereocenters. The van der Waals surface area contributed by atoms with Crippen molar-refractivity contribution in [2.24, 2.45) is 0 Å². The normalized spacial score (nSPS) is 11.2. The lowest BCUT2D eigenvalue weighted by Crippen LogP contribution is -2.26. The van der Waals surface area contributed by atoms with Gasteiger partial charge in [0.1, 0.15) is 22.5 Å². The van der Waals surface area contributed by atoms with E-state index in [4.69, 9.17) is 23.2 Å². The second kappa shape index (κ2) is 8.67. The largest absolute Gasteiger partial charge is 0.351 e. The van der Waals surface area contributed by atoms with Crippen molar-refractivity contribution in [2.45, 2.75) is 40.4 Å². The Balaban J connectivity index is 1.51. The summed E-state index contributed by atoms with van der Waals surface area (Å²) in [6.07, 6.45) is 2.43. The van der Waals surface area contributed by atoms with Crippen LogP contribution in [-0.4, -0.2) is 41.8 Å². The molecule has 3 rings (SSSR count). The van der Waals surface area contributed by atoms with Gasteiger partial charge in [-0.25, -0.2) is 4.68 Å². The number of nitrogens with one attached hydrogen (secondary N) is 1. The Bertz CT molecular complexity index is 1010. The first-order chi connectivity index (χ1) is 13.3. The highest BCUT2D eigenvalue weighted by Crippen LogP contribution is 2.24. The molecule has 1 N–H and O–H groups in total. The van der Waals surface area contributed by atoms with Gasteiger partial charge in [0.15, 0.2) is 0 Å². The van der Waals surface area contributed by atoms with Crippen molar-refractivity contribution in [3.05, 3.63) is 49.7 Å². The zero-order valence-electron chi connectivity index (χ0n) is 15.7. The maximum absolute atomic E-state index is 12.3. The third-order valence-corrected chi connectivity index (χ3v) is 6.35. The van der Waals surface area contributed by atoms with E-state index in [9.17, 15) is 4.79 Å². The second-order valence-corrected chi connectivity index (χ2v) is 7.92. The maximum Gasteiger partial charge on any atom is 0.271 e. The van der Waals surface area contributed by atoms with Crippen LogP contribution in [0.1, 0.15) is 34.0 Å². The van der Waals surface area contributed by atoms with Crippen molar-refractivity contribution in [2.75, 3.05) is 6.54 Å². The minimum absolute atomic E-state index is 0.228. The topological polar surface area (TPSA) is 82.6 Å².